The molecule has 0 saturated carbocycles. The van der Waals surface area contributed by atoms with E-state index in [1.165, 1.54) is 16.8 Å². The molecule has 0 aliphatic carbocycles. The van der Waals surface area contributed by atoms with Gasteiger partial charge >= 0.3 is 5.97 Å². The smallest absolute Gasteiger partial charge is 0.305 e. The Balaban J connectivity index is 2.16. The quantitative estimate of drug-likeness (QED) is 0.847. The maximum Gasteiger partial charge on any atom is 0.305 e. The molecule has 0 radical (unpaired) electrons. The standard InChI is InChI=1S/C13H17NO2/c1-10-4-5-12-11(9-10)3-2-7-14(12)8-6-13(15)16/h4-5,9H,2-3,6-8H2,1H3,(H,15,16). The van der Waals surface area contributed by atoms with Crippen LogP contribution in [0.15, 0.2) is 18.2 Å². The van der Waals surface area contributed by atoms with Crippen molar-refractivity contribution in [3.8, 4) is 0 Å². The Morgan fingerprint density at radius 1 is 1.50 bits per heavy atom. The number of benzene rings is 1. The molecule has 1 heterocycles. The summed E-state index contributed by atoms with van der Waals surface area (Å²) in [6.07, 6.45) is 2.45. The van der Waals surface area contributed by atoms with E-state index >= 15 is 0 Å². The fraction of sp³-hybridized carbons (Fsp3) is 0.462. The fourth-order valence-corrected chi connectivity index (χ4v) is 2.27. The van der Waals surface area contributed by atoms with Crippen LogP contribution in [0.5, 0.6) is 0 Å². The van der Waals surface area contributed by atoms with Crippen molar-refractivity contribution in [3.63, 3.8) is 0 Å². The normalized spacial score (nSPS) is 14.7. The van der Waals surface area contributed by atoms with Gasteiger partial charge in [-0.05, 0) is 31.4 Å². The second kappa shape index (κ2) is 4.56. The molecule has 1 N–H and O–H groups in total. The van der Waals surface area contributed by atoms with Crippen LogP contribution in [0.2, 0.25) is 0 Å². The number of carboxylic acids is 1. The largest absolute Gasteiger partial charge is 0.481 e. The average molecular weight is 219 g/mol. The minimum Gasteiger partial charge on any atom is -0.481 e. The lowest BCUT2D eigenvalue weighted by atomic mass is 9.99. The SMILES string of the molecule is Cc1ccc2c(c1)CCCN2CCC(=O)O. The van der Waals surface area contributed by atoms with E-state index in [-0.39, 0.29) is 6.42 Å². The fourth-order valence-electron chi connectivity index (χ4n) is 2.27. The lowest BCUT2D eigenvalue weighted by Crippen LogP contribution is -2.31. The summed E-state index contributed by atoms with van der Waals surface area (Å²) in [5, 5.41) is 8.71. The zero-order valence-electron chi connectivity index (χ0n) is 9.57. The Bertz CT molecular complexity index is 401. The van der Waals surface area contributed by atoms with E-state index in [1.807, 2.05) is 0 Å². The first kappa shape index (κ1) is 11.0. The van der Waals surface area contributed by atoms with Crippen LogP contribution in [0.3, 0.4) is 0 Å². The molecule has 3 nitrogen and oxygen atoms in total. The Kier molecular flexibility index (Phi) is 3.13. The van der Waals surface area contributed by atoms with Crippen molar-refractivity contribution in [1.29, 1.82) is 0 Å². The van der Waals surface area contributed by atoms with Crippen molar-refractivity contribution in [2.45, 2.75) is 26.2 Å². The van der Waals surface area contributed by atoms with Crippen molar-refractivity contribution in [2.24, 2.45) is 0 Å². The van der Waals surface area contributed by atoms with Crippen molar-refractivity contribution < 1.29 is 9.90 Å². The highest BCUT2D eigenvalue weighted by atomic mass is 16.4. The summed E-state index contributed by atoms with van der Waals surface area (Å²) in [4.78, 5) is 12.8. The molecule has 1 aliphatic heterocycles. The first-order chi connectivity index (χ1) is 7.66. The van der Waals surface area contributed by atoms with Crippen LogP contribution in [0.25, 0.3) is 0 Å². The maximum absolute atomic E-state index is 10.6. The lowest BCUT2D eigenvalue weighted by molar-refractivity contribution is -0.136. The zero-order valence-corrected chi connectivity index (χ0v) is 9.57. The van der Waals surface area contributed by atoms with Gasteiger partial charge in [-0.1, -0.05) is 17.7 Å². The first-order valence-corrected chi connectivity index (χ1v) is 5.73. The Hall–Kier alpha value is -1.51. The number of aliphatic carboxylic acids is 1. The van der Waals surface area contributed by atoms with E-state index in [4.69, 9.17) is 5.11 Å². The van der Waals surface area contributed by atoms with Crippen LogP contribution in [0, 0.1) is 6.92 Å². The molecule has 1 aromatic rings. The molecule has 3 heteroatoms. The molecule has 0 saturated heterocycles. The number of hydrogen-bond donors (Lipinski definition) is 1. The van der Waals surface area contributed by atoms with Gasteiger partial charge in [-0.25, -0.2) is 0 Å². The summed E-state index contributed by atoms with van der Waals surface area (Å²) in [6, 6.07) is 6.42. The third-order valence-electron chi connectivity index (χ3n) is 3.05. The number of fused-ring (bicyclic) bond motifs is 1. The lowest BCUT2D eigenvalue weighted by Gasteiger charge is -2.31. The average Bonchev–Trinajstić information content (AvgIpc) is 2.25. The van der Waals surface area contributed by atoms with E-state index < -0.39 is 5.97 Å². The third-order valence-corrected chi connectivity index (χ3v) is 3.05. The molecule has 0 fully saturated rings. The summed E-state index contributed by atoms with van der Waals surface area (Å²) in [7, 11) is 0. The molecule has 16 heavy (non-hydrogen) atoms. The number of nitrogens with zero attached hydrogens (tertiary/aromatic N) is 1. The Morgan fingerprint density at radius 3 is 3.06 bits per heavy atom. The first-order valence-electron chi connectivity index (χ1n) is 5.73. The Labute approximate surface area is 95.7 Å². The van der Waals surface area contributed by atoms with E-state index in [0.717, 1.165) is 19.4 Å². The second-order valence-electron chi connectivity index (χ2n) is 4.37. The molecule has 0 bridgehead atoms. The molecule has 0 amide bonds. The van der Waals surface area contributed by atoms with Crippen LogP contribution >= 0.6 is 0 Å². The zero-order chi connectivity index (χ0) is 11.5. The summed E-state index contributed by atoms with van der Waals surface area (Å²) >= 11 is 0. The van der Waals surface area contributed by atoms with Crippen LogP contribution in [0.4, 0.5) is 5.69 Å². The highest BCUT2D eigenvalue weighted by Crippen LogP contribution is 2.27. The number of aryl methyl sites for hydroxylation is 2. The summed E-state index contributed by atoms with van der Waals surface area (Å²) in [6.45, 7) is 3.69. The summed E-state index contributed by atoms with van der Waals surface area (Å²) < 4.78 is 0. The summed E-state index contributed by atoms with van der Waals surface area (Å²) in [5.41, 5.74) is 3.86. The number of anilines is 1. The number of rotatable bonds is 3. The number of carboxylic acid groups (broad SMARTS) is 1. The van der Waals surface area contributed by atoms with Crippen molar-refractivity contribution in [2.75, 3.05) is 18.0 Å². The van der Waals surface area contributed by atoms with Gasteiger partial charge in [0.25, 0.3) is 0 Å². The van der Waals surface area contributed by atoms with Crippen LogP contribution in [-0.4, -0.2) is 24.2 Å². The van der Waals surface area contributed by atoms with Crippen molar-refractivity contribution in [1.82, 2.24) is 0 Å². The van der Waals surface area contributed by atoms with E-state index in [0.29, 0.717) is 6.54 Å². The summed E-state index contributed by atoms with van der Waals surface area (Å²) in [5.74, 6) is -0.723. The van der Waals surface area contributed by atoms with Gasteiger partial charge in [-0.2, -0.15) is 0 Å². The van der Waals surface area contributed by atoms with Gasteiger partial charge < -0.3 is 10.0 Å². The minimum absolute atomic E-state index is 0.216. The van der Waals surface area contributed by atoms with E-state index in [1.54, 1.807) is 0 Å². The monoisotopic (exact) mass is 219 g/mol. The predicted molar refractivity (Wildman–Crippen MR) is 64.0 cm³/mol. The van der Waals surface area contributed by atoms with E-state index in [2.05, 4.69) is 30.0 Å². The van der Waals surface area contributed by atoms with Gasteiger partial charge in [-0.3, -0.25) is 4.79 Å². The van der Waals surface area contributed by atoms with Crippen LogP contribution in [-0.2, 0) is 11.2 Å². The highest BCUT2D eigenvalue weighted by Gasteiger charge is 2.16. The molecule has 1 aliphatic rings. The van der Waals surface area contributed by atoms with Crippen LogP contribution in [0.1, 0.15) is 24.0 Å². The molecule has 1 aromatic carbocycles. The molecular formula is C13H17NO2. The highest BCUT2D eigenvalue weighted by molar-refractivity contribution is 5.68. The molecule has 2 rings (SSSR count). The molecule has 0 aromatic heterocycles. The van der Waals surface area contributed by atoms with Crippen molar-refractivity contribution in [3.05, 3.63) is 29.3 Å². The third kappa shape index (κ3) is 2.35. The minimum atomic E-state index is -0.723. The Morgan fingerprint density at radius 2 is 2.31 bits per heavy atom. The topological polar surface area (TPSA) is 40.5 Å². The number of carbonyl (C=O) groups is 1. The molecule has 86 valence electrons. The van der Waals surface area contributed by atoms with Crippen molar-refractivity contribution >= 4 is 11.7 Å². The van der Waals surface area contributed by atoms with E-state index in [9.17, 15) is 4.79 Å². The molecular weight excluding hydrogens is 202 g/mol. The van der Waals surface area contributed by atoms with Gasteiger partial charge in [0, 0.05) is 18.8 Å². The van der Waals surface area contributed by atoms with Crippen LogP contribution < -0.4 is 4.90 Å². The van der Waals surface area contributed by atoms with Gasteiger partial charge in [0.1, 0.15) is 0 Å². The van der Waals surface area contributed by atoms with Gasteiger partial charge in [0.05, 0.1) is 6.42 Å². The van der Waals surface area contributed by atoms with Gasteiger partial charge in [-0.15, -0.1) is 0 Å². The van der Waals surface area contributed by atoms with Gasteiger partial charge in [0.15, 0.2) is 0 Å². The molecule has 0 spiro atoms. The maximum atomic E-state index is 10.6. The number of hydrogen-bond acceptors (Lipinski definition) is 2. The second-order valence-corrected chi connectivity index (χ2v) is 4.37. The molecule has 0 atom stereocenters. The molecule has 0 unspecified atom stereocenters. The van der Waals surface area contributed by atoms with Gasteiger partial charge in [0.2, 0.25) is 0 Å². The predicted octanol–water partition coefficient (Wildman–Crippen LogP) is 2.22.